The van der Waals surface area contributed by atoms with Gasteiger partial charge in [0.1, 0.15) is 6.61 Å². The Hall–Kier alpha value is -1.27. The molecule has 1 aromatic rings. The van der Waals surface area contributed by atoms with Crippen LogP contribution < -0.4 is 5.73 Å². The molecule has 0 aliphatic rings. The Balaban J connectivity index is 2.43. The average Bonchev–Trinajstić information content (AvgIpc) is 2.26. The summed E-state index contributed by atoms with van der Waals surface area (Å²) in [7, 11) is 0. The van der Waals surface area contributed by atoms with E-state index in [-0.39, 0.29) is 23.8 Å². The van der Waals surface area contributed by atoms with Crippen molar-refractivity contribution < 1.29 is 22.7 Å². The summed E-state index contributed by atoms with van der Waals surface area (Å²) in [5.41, 5.74) is 6.10. The molecular formula is C11H11ClF3NO2. The summed E-state index contributed by atoms with van der Waals surface area (Å²) in [5.74, 6) is -0.348. The van der Waals surface area contributed by atoms with Gasteiger partial charge < -0.3 is 10.5 Å². The topological polar surface area (TPSA) is 52.3 Å². The number of ketones is 1. The predicted octanol–water partition coefficient (Wildman–Crippen LogP) is 3.07. The van der Waals surface area contributed by atoms with E-state index >= 15 is 0 Å². The number of ether oxygens (including phenoxy) is 1. The van der Waals surface area contributed by atoms with Gasteiger partial charge in [-0.15, -0.1) is 0 Å². The van der Waals surface area contributed by atoms with Crippen LogP contribution in [0.25, 0.3) is 0 Å². The fraction of sp³-hybridized carbons (Fsp3) is 0.364. The fourth-order valence-corrected chi connectivity index (χ4v) is 1.38. The first-order valence-electron chi connectivity index (χ1n) is 5.02. The lowest BCUT2D eigenvalue weighted by Crippen LogP contribution is -2.18. The van der Waals surface area contributed by atoms with Crippen LogP contribution in [0.15, 0.2) is 18.2 Å². The Morgan fingerprint density at radius 2 is 2.06 bits per heavy atom. The van der Waals surface area contributed by atoms with Crippen molar-refractivity contribution in [2.24, 2.45) is 0 Å². The van der Waals surface area contributed by atoms with E-state index in [1.54, 1.807) is 0 Å². The summed E-state index contributed by atoms with van der Waals surface area (Å²) in [6, 6.07) is 4.31. The van der Waals surface area contributed by atoms with Crippen LogP contribution in [0.1, 0.15) is 16.8 Å². The molecule has 3 nitrogen and oxygen atoms in total. The zero-order valence-corrected chi connectivity index (χ0v) is 10.0. The molecule has 0 aliphatic carbocycles. The van der Waals surface area contributed by atoms with E-state index in [0.717, 1.165) is 0 Å². The van der Waals surface area contributed by atoms with Crippen molar-refractivity contribution in [3.8, 4) is 0 Å². The molecule has 2 N–H and O–H groups in total. The van der Waals surface area contributed by atoms with E-state index < -0.39 is 12.8 Å². The minimum atomic E-state index is -4.38. The minimum absolute atomic E-state index is 0.143. The SMILES string of the molecule is Nc1ccc(C(=O)CCOCC(F)(F)F)cc1Cl. The summed E-state index contributed by atoms with van der Waals surface area (Å²) in [6.07, 6.45) is -4.52. The number of carbonyl (C=O) groups excluding carboxylic acids is 1. The lowest BCUT2D eigenvalue weighted by Gasteiger charge is -2.07. The lowest BCUT2D eigenvalue weighted by molar-refractivity contribution is -0.173. The second-order valence-corrected chi connectivity index (χ2v) is 3.98. The molecule has 0 atom stereocenters. The molecule has 7 heteroatoms. The third kappa shape index (κ3) is 4.93. The molecule has 0 saturated heterocycles. The minimum Gasteiger partial charge on any atom is -0.398 e. The Kier molecular flexibility index (Phi) is 4.98. The molecule has 0 amide bonds. The molecule has 1 aromatic carbocycles. The van der Waals surface area contributed by atoms with Gasteiger partial charge in [-0.25, -0.2) is 0 Å². The van der Waals surface area contributed by atoms with Crippen molar-refractivity contribution in [2.45, 2.75) is 12.6 Å². The molecule has 0 heterocycles. The molecule has 0 aromatic heterocycles. The molecule has 0 unspecified atom stereocenters. The van der Waals surface area contributed by atoms with Crippen molar-refractivity contribution in [1.82, 2.24) is 0 Å². The maximum Gasteiger partial charge on any atom is 0.411 e. The Bertz CT molecular complexity index is 435. The Labute approximate surface area is 107 Å². The van der Waals surface area contributed by atoms with Gasteiger partial charge in [-0.2, -0.15) is 13.2 Å². The van der Waals surface area contributed by atoms with Gasteiger partial charge in [-0.3, -0.25) is 4.79 Å². The molecule has 0 radical (unpaired) electrons. The van der Waals surface area contributed by atoms with E-state index in [9.17, 15) is 18.0 Å². The van der Waals surface area contributed by atoms with E-state index in [2.05, 4.69) is 4.74 Å². The lowest BCUT2D eigenvalue weighted by atomic mass is 10.1. The van der Waals surface area contributed by atoms with Crippen LogP contribution in [0.4, 0.5) is 18.9 Å². The van der Waals surface area contributed by atoms with Gasteiger partial charge in [0.15, 0.2) is 5.78 Å². The number of alkyl halides is 3. The number of hydrogen-bond donors (Lipinski definition) is 1. The predicted molar refractivity (Wildman–Crippen MR) is 61.7 cm³/mol. The van der Waals surface area contributed by atoms with Crippen molar-refractivity contribution in [2.75, 3.05) is 18.9 Å². The van der Waals surface area contributed by atoms with Crippen LogP contribution in [0.5, 0.6) is 0 Å². The number of carbonyl (C=O) groups is 1. The van der Waals surface area contributed by atoms with E-state index in [4.69, 9.17) is 17.3 Å². The molecule has 18 heavy (non-hydrogen) atoms. The first-order valence-corrected chi connectivity index (χ1v) is 5.40. The molecule has 0 aliphatic heterocycles. The van der Waals surface area contributed by atoms with Gasteiger partial charge >= 0.3 is 6.18 Å². The Morgan fingerprint density at radius 3 is 2.61 bits per heavy atom. The molecule has 0 bridgehead atoms. The number of anilines is 1. The normalized spacial score (nSPS) is 11.6. The van der Waals surface area contributed by atoms with Crippen molar-refractivity contribution >= 4 is 23.1 Å². The van der Waals surface area contributed by atoms with Crippen LogP contribution in [-0.4, -0.2) is 25.2 Å². The van der Waals surface area contributed by atoms with Gasteiger partial charge in [0.2, 0.25) is 0 Å². The summed E-state index contributed by atoms with van der Waals surface area (Å²) >= 11 is 5.72. The number of nitrogens with two attached hydrogens (primary N) is 1. The van der Waals surface area contributed by atoms with Gasteiger partial charge in [0.25, 0.3) is 0 Å². The molecule has 0 fully saturated rings. The fourth-order valence-electron chi connectivity index (χ4n) is 1.20. The second kappa shape index (κ2) is 6.06. The number of benzene rings is 1. The summed E-state index contributed by atoms with van der Waals surface area (Å²) in [5, 5.41) is 0.233. The van der Waals surface area contributed by atoms with E-state index in [1.807, 2.05) is 0 Å². The van der Waals surface area contributed by atoms with Crippen LogP contribution in [0.2, 0.25) is 5.02 Å². The number of hydrogen-bond acceptors (Lipinski definition) is 3. The van der Waals surface area contributed by atoms with Crippen LogP contribution in [-0.2, 0) is 4.74 Å². The van der Waals surface area contributed by atoms with Gasteiger partial charge in [-0.05, 0) is 18.2 Å². The van der Waals surface area contributed by atoms with Gasteiger partial charge in [0, 0.05) is 12.0 Å². The van der Waals surface area contributed by atoms with Gasteiger partial charge in [-0.1, -0.05) is 11.6 Å². The monoisotopic (exact) mass is 281 g/mol. The number of halogens is 4. The average molecular weight is 282 g/mol. The second-order valence-electron chi connectivity index (χ2n) is 3.58. The molecule has 1 rings (SSSR count). The Morgan fingerprint density at radius 1 is 1.39 bits per heavy atom. The summed E-state index contributed by atoms with van der Waals surface area (Å²) in [6.45, 7) is -1.65. The number of nitrogen functional groups attached to an aromatic ring is 1. The molecule has 100 valence electrons. The first kappa shape index (κ1) is 14.8. The molecule has 0 saturated carbocycles. The van der Waals surface area contributed by atoms with Gasteiger partial charge in [0.05, 0.1) is 17.3 Å². The zero-order valence-electron chi connectivity index (χ0n) is 9.26. The van der Waals surface area contributed by atoms with E-state index in [1.165, 1.54) is 18.2 Å². The molecule has 0 spiro atoms. The zero-order chi connectivity index (χ0) is 13.8. The highest BCUT2D eigenvalue weighted by atomic mass is 35.5. The summed E-state index contributed by atoms with van der Waals surface area (Å²) < 4.78 is 39.6. The number of Topliss-reactive ketones (excluding diaryl/α,β-unsaturated/α-hetero) is 1. The maximum atomic E-state index is 11.8. The molecular weight excluding hydrogens is 271 g/mol. The van der Waals surface area contributed by atoms with Crippen molar-refractivity contribution in [1.29, 1.82) is 0 Å². The third-order valence-corrected chi connectivity index (χ3v) is 2.39. The van der Waals surface area contributed by atoms with Crippen LogP contribution in [0, 0.1) is 0 Å². The largest absolute Gasteiger partial charge is 0.411 e. The van der Waals surface area contributed by atoms with Crippen molar-refractivity contribution in [3.05, 3.63) is 28.8 Å². The van der Waals surface area contributed by atoms with E-state index in [0.29, 0.717) is 11.3 Å². The highest BCUT2D eigenvalue weighted by molar-refractivity contribution is 6.33. The first-order chi connectivity index (χ1) is 8.29. The van der Waals surface area contributed by atoms with Crippen LogP contribution in [0.3, 0.4) is 0 Å². The highest BCUT2D eigenvalue weighted by Gasteiger charge is 2.27. The maximum absolute atomic E-state index is 11.8. The quantitative estimate of drug-likeness (QED) is 0.513. The smallest absolute Gasteiger partial charge is 0.398 e. The third-order valence-electron chi connectivity index (χ3n) is 2.06. The van der Waals surface area contributed by atoms with Crippen LogP contribution >= 0.6 is 11.6 Å². The highest BCUT2D eigenvalue weighted by Crippen LogP contribution is 2.20. The number of rotatable bonds is 5. The van der Waals surface area contributed by atoms with Crippen molar-refractivity contribution in [3.63, 3.8) is 0 Å². The summed E-state index contributed by atoms with van der Waals surface area (Å²) in [4.78, 5) is 11.6. The standard InChI is InChI=1S/C11H11ClF3NO2/c12-8-5-7(1-2-9(8)16)10(17)3-4-18-6-11(13,14)15/h1-2,5H,3-4,6,16H2.